The van der Waals surface area contributed by atoms with Gasteiger partial charge in [-0.1, -0.05) is 38.1 Å². The number of piperazine rings is 1. The molecule has 1 aromatic carbocycles. The Hall–Kier alpha value is -0.900. The predicted molar refractivity (Wildman–Crippen MR) is 90.6 cm³/mol. The van der Waals surface area contributed by atoms with Gasteiger partial charge < -0.3 is 5.73 Å². The smallest absolute Gasteiger partial charge is 0.0424 e. The number of likely N-dealkylation sites (N-methyl/N-ethyl adjacent to an activating group) is 1. The average Bonchev–Trinajstić information content (AvgIpc) is 2.44. The fourth-order valence-electron chi connectivity index (χ4n) is 3.17. The minimum Gasteiger partial charge on any atom is -0.323 e. The van der Waals surface area contributed by atoms with Crippen molar-refractivity contribution in [2.45, 2.75) is 51.7 Å². The third-order valence-electron chi connectivity index (χ3n) is 4.92. The molecule has 0 bridgehead atoms. The molecule has 1 aromatic rings. The lowest BCUT2D eigenvalue weighted by molar-refractivity contribution is 0.0567. The second kappa shape index (κ2) is 6.91. The maximum atomic E-state index is 6.42. The zero-order valence-corrected chi connectivity index (χ0v) is 14.2. The lowest BCUT2D eigenvalue weighted by Gasteiger charge is -2.43. The second-order valence-electron chi connectivity index (χ2n) is 7.01. The molecule has 3 nitrogen and oxygen atoms in total. The Labute approximate surface area is 130 Å². The lowest BCUT2D eigenvalue weighted by Crippen LogP contribution is -2.55. The van der Waals surface area contributed by atoms with Crippen molar-refractivity contribution in [3.63, 3.8) is 0 Å². The molecular formula is C18H31N3. The third-order valence-corrected chi connectivity index (χ3v) is 4.92. The Morgan fingerprint density at radius 2 is 1.52 bits per heavy atom. The quantitative estimate of drug-likeness (QED) is 0.925. The molecule has 0 radical (unpaired) electrons. The van der Waals surface area contributed by atoms with E-state index in [1.807, 2.05) is 0 Å². The van der Waals surface area contributed by atoms with Crippen LogP contribution in [-0.4, -0.2) is 48.6 Å². The van der Waals surface area contributed by atoms with Crippen LogP contribution in [0.25, 0.3) is 0 Å². The van der Waals surface area contributed by atoms with E-state index in [0.717, 1.165) is 19.6 Å². The molecule has 0 amide bonds. The molecule has 0 aliphatic carbocycles. The number of nitrogens with zero attached hydrogens (tertiary/aromatic N) is 2. The fourth-order valence-corrected chi connectivity index (χ4v) is 3.17. The summed E-state index contributed by atoms with van der Waals surface area (Å²) < 4.78 is 0. The minimum absolute atomic E-state index is 0.106. The first kappa shape index (κ1) is 16.5. The standard InChI is InChI=1S/C18H31N3/c1-13(2)16-6-8-17(9-7-16)18(19)12-21-10-14(3)20(5)15(4)11-21/h6-9,13-15,18H,10-12,19H2,1-5H3. The van der Waals surface area contributed by atoms with Crippen molar-refractivity contribution in [1.82, 2.24) is 9.80 Å². The number of hydrogen-bond acceptors (Lipinski definition) is 3. The Morgan fingerprint density at radius 3 is 2.00 bits per heavy atom. The maximum Gasteiger partial charge on any atom is 0.0424 e. The SMILES string of the molecule is CC(C)c1ccc(C(N)CN2CC(C)N(C)C(C)C2)cc1. The molecular weight excluding hydrogens is 258 g/mol. The fraction of sp³-hybridized carbons (Fsp3) is 0.667. The van der Waals surface area contributed by atoms with Gasteiger partial charge in [-0.2, -0.15) is 0 Å². The first-order valence-corrected chi connectivity index (χ1v) is 8.18. The molecule has 0 aromatic heterocycles. The summed E-state index contributed by atoms with van der Waals surface area (Å²) in [5.41, 5.74) is 9.05. The highest BCUT2D eigenvalue weighted by atomic mass is 15.3. The van der Waals surface area contributed by atoms with Gasteiger partial charge in [0.2, 0.25) is 0 Å². The monoisotopic (exact) mass is 289 g/mol. The van der Waals surface area contributed by atoms with Crippen molar-refractivity contribution in [2.75, 3.05) is 26.7 Å². The summed E-state index contributed by atoms with van der Waals surface area (Å²) in [6.45, 7) is 12.2. The van der Waals surface area contributed by atoms with Crippen LogP contribution in [-0.2, 0) is 0 Å². The van der Waals surface area contributed by atoms with E-state index >= 15 is 0 Å². The van der Waals surface area contributed by atoms with Gasteiger partial charge in [-0.05, 0) is 37.9 Å². The second-order valence-corrected chi connectivity index (χ2v) is 7.01. The van der Waals surface area contributed by atoms with Gasteiger partial charge >= 0.3 is 0 Å². The van der Waals surface area contributed by atoms with Crippen LogP contribution in [0.2, 0.25) is 0 Å². The molecule has 3 atom stereocenters. The lowest BCUT2D eigenvalue weighted by atomic mass is 9.98. The van der Waals surface area contributed by atoms with Gasteiger partial charge in [0, 0.05) is 37.8 Å². The van der Waals surface area contributed by atoms with Crippen LogP contribution in [0.1, 0.15) is 50.8 Å². The van der Waals surface area contributed by atoms with Crippen molar-refractivity contribution in [2.24, 2.45) is 5.73 Å². The summed E-state index contributed by atoms with van der Waals surface area (Å²) in [6.07, 6.45) is 0. The molecule has 0 saturated carbocycles. The van der Waals surface area contributed by atoms with E-state index in [-0.39, 0.29) is 6.04 Å². The van der Waals surface area contributed by atoms with Gasteiger partial charge in [0.15, 0.2) is 0 Å². The number of benzene rings is 1. The number of rotatable bonds is 4. The van der Waals surface area contributed by atoms with Crippen molar-refractivity contribution in [3.05, 3.63) is 35.4 Å². The van der Waals surface area contributed by atoms with Crippen LogP contribution in [0.15, 0.2) is 24.3 Å². The van der Waals surface area contributed by atoms with Gasteiger partial charge in [0.25, 0.3) is 0 Å². The highest BCUT2D eigenvalue weighted by Gasteiger charge is 2.27. The van der Waals surface area contributed by atoms with Gasteiger partial charge in [-0.25, -0.2) is 0 Å². The van der Waals surface area contributed by atoms with E-state index in [1.165, 1.54) is 11.1 Å². The van der Waals surface area contributed by atoms with E-state index in [0.29, 0.717) is 18.0 Å². The molecule has 1 heterocycles. The molecule has 1 aliphatic heterocycles. The minimum atomic E-state index is 0.106. The summed E-state index contributed by atoms with van der Waals surface area (Å²) in [4.78, 5) is 4.97. The first-order valence-electron chi connectivity index (χ1n) is 8.18. The van der Waals surface area contributed by atoms with Crippen LogP contribution >= 0.6 is 0 Å². The van der Waals surface area contributed by atoms with Crippen LogP contribution < -0.4 is 5.73 Å². The van der Waals surface area contributed by atoms with E-state index in [4.69, 9.17) is 5.73 Å². The largest absolute Gasteiger partial charge is 0.323 e. The Balaban J connectivity index is 1.96. The Bertz CT molecular complexity index is 428. The molecule has 2 rings (SSSR count). The molecule has 0 spiro atoms. The normalized spacial score (nSPS) is 26.2. The van der Waals surface area contributed by atoms with Crippen molar-refractivity contribution in [3.8, 4) is 0 Å². The molecule has 1 fully saturated rings. The third kappa shape index (κ3) is 4.06. The summed E-state index contributed by atoms with van der Waals surface area (Å²) in [6, 6.07) is 10.1. The van der Waals surface area contributed by atoms with E-state index in [9.17, 15) is 0 Å². The average molecular weight is 289 g/mol. The maximum absolute atomic E-state index is 6.42. The van der Waals surface area contributed by atoms with E-state index in [2.05, 4.69) is 68.8 Å². The predicted octanol–water partition coefficient (Wildman–Crippen LogP) is 2.83. The van der Waals surface area contributed by atoms with Crippen molar-refractivity contribution in [1.29, 1.82) is 0 Å². The summed E-state index contributed by atoms with van der Waals surface area (Å²) in [5.74, 6) is 0.578. The summed E-state index contributed by atoms with van der Waals surface area (Å²) in [5, 5.41) is 0. The Kier molecular flexibility index (Phi) is 5.42. The topological polar surface area (TPSA) is 32.5 Å². The molecule has 118 valence electrons. The van der Waals surface area contributed by atoms with Crippen LogP contribution in [0.5, 0.6) is 0 Å². The van der Waals surface area contributed by atoms with Crippen LogP contribution in [0, 0.1) is 0 Å². The van der Waals surface area contributed by atoms with Crippen molar-refractivity contribution < 1.29 is 0 Å². The van der Waals surface area contributed by atoms with Gasteiger partial charge in [0.05, 0.1) is 0 Å². The number of nitrogens with two attached hydrogens (primary N) is 1. The highest BCUT2D eigenvalue weighted by molar-refractivity contribution is 5.26. The highest BCUT2D eigenvalue weighted by Crippen LogP contribution is 2.20. The number of hydrogen-bond donors (Lipinski definition) is 1. The molecule has 1 saturated heterocycles. The summed E-state index contributed by atoms with van der Waals surface area (Å²) >= 11 is 0. The Morgan fingerprint density at radius 1 is 1.05 bits per heavy atom. The zero-order valence-electron chi connectivity index (χ0n) is 14.2. The van der Waals surface area contributed by atoms with Crippen LogP contribution in [0.4, 0.5) is 0 Å². The first-order chi connectivity index (χ1) is 9.88. The van der Waals surface area contributed by atoms with Crippen LogP contribution in [0.3, 0.4) is 0 Å². The molecule has 2 N–H and O–H groups in total. The molecule has 21 heavy (non-hydrogen) atoms. The van der Waals surface area contributed by atoms with E-state index in [1.54, 1.807) is 0 Å². The molecule has 1 aliphatic rings. The zero-order chi connectivity index (χ0) is 15.6. The molecule has 3 unspecified atom stereocenters. The van der Waals surface area contributed by atoms with Gasteiger partial charge in [-0.3, -0.25) is 9.80 Å². The molecule has 3 heteroatoms. The van der Waals surface area contributed by atoms with Crippen molar-refractivity contribution >= 4 is 0 Å². The van der Waals surface area contributed by atoms with E-state index < -0.39 is 0 Å². The summed E-state index contributed by atoms with van der Waals surface area (Å²) in [7, 11) is 2.22. The van der Waals surface area contributed by atoms with Gasteiger partial charge in [0.1, 0.15) is 0 Å². The van der Waals surface area contributed by atoms with Gasteiger partial charge in [-0.15, -0.1) is 0 Å².